The number of anilines is 1. The smallest absolute Gasteiger partial charge is 0.221 e. The van der Waals surface area contributed by atoms with Crippen LogP contribution in [0.1, 0.15) is 25.3 Å². The SMILES string of the molecule is COc1cc(OCCNCC2(O)CCN(Cc3ccc(F)cc3)CC2)c(NC(C)=O)cc1Cl. The lowest BCUT2D eigenvalue weighted by molar-refractivity contribution is -0.114. The van der Waals surface area contributed by atoms with Crippen LogP contribution < -0.4 is 20.1 Å². The standard InChI is InChI=1S/C24H31ClFN3O4/c1-17(30)28-21-13-20(25)22(32-2)14-23(21)33-12-9-27-16-24(31)7-10-29(11-8-24)15-18-3-5-19(26)6-4-18/h3-6,13-14,27,31H,7-12,15-16H2,1-2H3,(H,28,30). The molecule has 7 nitrogen and oxygen atoms in total. The Labute approximate surface area is 198 Å². The Morgan fingerprint density at radius 1 is 1.21 bits per heavy atom. The molecule has 0 bridgehead atoms. The predicted octanol–water partition coefficient (Wildman–Crippen LogP) is 3.44. The van der Waals surface area contributed by atoms with E-state index in [0.29, 0.717) is 54.7 Å². The summed E-state index contributed by atoms with van der Waals surface area (Å²) in [5, 5.41) is 17.2. The van der Waals surface area contributed by atoms with Gasteiger partial charge in [0.2, 0.25) is 5.91 Å². The molecular formula is C24H31ClFN3O4. The van der Waals surface area contributed by atoms with Crippen molar-refractivity contribution in [3.05, 3.63) is 52.8 Å². The number of aliphatic hydroxyl groups is 1. The average molecular weight is 480 g/mol. The molecule has 3 N–H and O–H groups in total. The minimum atomic E-state index is -0.774. The summed E-state index contributed by atoms with van der Waals surface area (Å²) in [7, 11) is 1.51. The normalized spacial score (nSPS) is 15.8. The molecule has 1 fully saturated rings. The summed E-state index contributed by atoms with van der Waals surface area (Å²) in [6.45, 7) is 5.03. The number of piperidine rings is 1. The van der Waals surface area contributed by atoms with Gasteiger partial charge in [-0.3, -0.25) is 9.69 Å². The number of methoxy groups -OCH3 is 1. The van der Waals surface area contributed by atoms with Crippen molar-refractivity contribution in [3.63, 3.8) is 0 Å². The van der Waals surface area contributed by atoms with E-state index in [2.05, 4.69) is 15.5 Å². The minimum Gasteiger partial charge on any atom is -0.495 e. The lowest BCUT2D eigenvalue weighted by Crippen LogP contribution is -2.50. The van der Waals surface area contributed by atoms with E-state index in [1.807, 2.05) is 0 Å². The zero-order chi connectivity index (χ0) is 23.8. The van der Waals surface area contributed by atoms with Gasteiger partial charge < -0.3 is 25.2 Å². The van der Waals surface area contributed by atoms with Crippen LogP contribution in [0.15, 0.2) is 36.4 Å². The van der Waals surface area contributed by atoms with E-state index in [1.165, 1.54) is 26.2 Å². The molecule has 3 rings (SSSR count). The summed E-state index contributed by atoms with van der Waals surface area (Å²) in [4.78, 5) is 13.7. The second-order valence-corrected chi connectivity index (χ2v) is 8.72. The lowest BCUT2D eigenvalue weighted by Gasteiger charge is -2.38. The fourth-order valence-electron chi connectivity index (χ4n) is 3.80. The number of nitrogens with zero attached hydrogens (tertiary/aromatic N) is 1. The van der Waals surface area contributed by atoms with E-state index in [0.717, 1.165) is 25.2 Å². The third kappa shape index (κ3) is 7.57. The molecule has 33 heavy (non-hydrogen) atoms. The van der Waals surface area contributed by atoms with Crippen LogP contribution in [-0.2, 0) is 11.3 Å². The van der Waals surface area contributed by atoms with E-state index >= 15 is 0 Å². The monoisotopic (exact) mass is 479 g/mol. The van der Waals surface area contributed by atoms with E-state index in [1.54, 1.807) is 24.3 Å². The summed E-state index contributed by atoms with van der Waals surface area (Å²) in [5.41, 5.74) is 0.763. The van der Waals surface area contributed by atoms with Gasteiger partial charge >= 0.3 is 0 Å². The number of hydrogen-bond acceptors (Lipinski definition) is 6. The number of nitrogens with one attached hydrogen (secondary N) is 2. The molecule has 0 spiro atoms. The van der Waals surface area contributed by atoms with Gasteiger partial charge in [0.1, 0.15) is 23.9 Å². The summed E-state index contributed by atoms with van der Waals surface area (Å²) in [5.74, 6) is 0.451. The van der Waals surface area contributed by atoms with Crippen molar-refractivity contribution >= 4 is 23.2 Å². The second kappa shape index (κ2) is 11.7. The molecule has 0 aliphatic carbocycles. The number of likely N-dealkylation sites (tertiary alicyclic amines) is 1. The van der Waals surface area contributed by atoms with Crippen LogP contribution in [0.4, 0.5) is 10.1 Å². The summed E-state index contributed by atoms with van der Waals surface area (Å²) in [6, 6.07) is 9.77. The van der Waals surface area contributed by atoms with Gasteiger partial charge in [-0.15, -0.1) is 0 Å². The molecule has 180 valence electrons. The Morgan fingerprint density at radius 2 is 1.91 bits per heavy atom. The van der Waals surface area contributed by atoms with Crippen molar-refractivity contribution in [1.82, 2.24) is 10.2 Å². The highest BCUT2D eigenvalue weighted by Gasteiger charge is 2.31. The maximum atomic E-state index is 13.1. The third-order valence-electron chi connectivity index (χ3n) is 5.66. The molecule has 0 unspecified atom stereocenters. The largest absolute Gasteiger partial charge is 0.495 e. The fraction of sp³-hybridized carbons (Fsp3) is 0.458. The van der Waals surface area contributed by atoms with Gasteiger partial charge in [-0.05, 0) is 36.6 Å². The highest BCUT2D eigenvalue weighted by Crippen LogP contribution is 2.36. The molecule has 2 aromatic rings. The van der Waals surface area contributed by atoms with Crippen LogP contribution in [0.5, 0.6) is 11.5 Å². The van der Waals surface area contributed by atoms with Crippen molar-refractivity contribution in [2.75, 3.05) is 45.2 Å². The molecular weight excluding hydrogens is 449 g/mol. The number of rotatable bonds is 10. The van der Waals surface area contributed by atoms with E-state index < -0.39 is 5.60 Å². The fourth-order valence-corrected chi connectivity index (χ4v) is 4.05. The van der Waals surface area contributed by atoms with Gasteiger partial charge in [0.05, 0.1) is 23.4 Å². The molecule has 0 radical (unpaired) electrons. The molecule has 0 aromatic heterocycles. The lowest BCUT2D eigenvalue weighted by atomic mass is 9.91. The topological polar surface area (TPSA) is 83.1 Å². The highest BCUT2D eigenvalue weighted by atomic mass is 35.5. The second-order valence-electron chi connectivity index (χ2n) is 8.32. The molecule has 1 aliphatic rings. The van der Waals surface area contributed by atoms with E-state index in [9.17, 15) is 14.3 Å². The Kier molecular flexibility index (Phi) is 8.91. The number of benzene rings is 2. The van der Waals surface area contributed by atoms with Gasteiger partial charge in [0.25, 0.3) is 0 Å². The van der Waals surface area contributed by atoms with Crippen molar-refractivity contribution in [2.24, 2.45) is 0 Å². The van der Waals surface area contributed by atoms with Crippen LogP contribution in [0.2, 0.25) is 5.02 Å². The van der Waals surface area contributed by atoms with Gasteiger partial charge in [-0.25, -0.2) is 4.39 Å². The van der Waals surface area contributed by atoms with Crippen LogP contribution in [-0.4, -0.2) is 61.4 Å². The molecule has 9 heteroatoms. The van der Waals surface area contributed by atoms with Gasteiger partial charge in [0.15, 0.2) is 0 Å². The first-order chi connectivity index (χ1) is 15.8. The minimum absolute atomic E-state index is 0.229. The first-order valence-corrected chi connectivity index (χ1v) is 11.3. The van der Waals surface area contributed by atoms with Crippen molar-refractivity contribution in [2.45, 2.75) is 31.9 Å². The molecule has 1 heterocycles. The molecule has 2 aromatic carbocycles. The number of amides is 1. The van der Waals surface area contributed by atoms with E-state index in [4.69, 9.17) is 21.1 Å². The molecule has 0 atom stereocenters. The summed E-state index contributed by atoms with van der Waals surface area (Å²) in [6.07, 6.45) is 1.31. The Balaban J connectivity index is 1.42. The zero-order valence-corrected chi connectivity index (χ0v) is 19.8. The molecule has 1 amide bonds. The van der Waals surface area contributed by atoms with Crippen LogP contribution in [0.25, 0.3) is 0 Å². The Hall–Kier alpha value is -2.39. The number of hydrogen-bond donors (Lipinski definition) is 3. The Bertz CT molecular complexity index is 934. The quantitative estimate of drug-likeness (QED) is 0.453. The average Bonchev–Trinajstić information content (AvgIpc) is 2.78. The van der Waals surface area contributed by atoms with Crippen molar-refractivity contribution in [1.29, 1.82) is 0 Å². The predicted molar refractivity (Wildman–Crippen MR) is 127 cm³/mol. The summed E-state index contributed by atoms with van der Waals surface area (Å²) < 4.78 is 24.1. The van der Waals surface area contributed by atoms with Gasteiger partial charge in [0, 0.05) is 45.7 Å². The van der Waals surface area contributed by atoms with Crippen LogP contribution in [0, 0.1) is 5.82 Å². The molecule has 1 saturated heterocycles. The number of carbonyl (C=O) groups is 1. The molecule has 0 saturated carbocycles. The number of ether oxygens (including phenoxy) is 2. The molecule has 1 aliphatic heterocycles. The highest BCUT2D eigenvalue weighted by molar-refractivity contribution is 6.32. The Morgan fingerprint density at radius 3 is 2.55 bits per heavy atom. The van der Waals surface area contributed by atoms with Crippen molar-refractivity contribution in [3.8, 4) is 11.5 Å². The summed E-state index contributed by atoms with van der Waals surface area (Å²) >= 11 is 6.14. The third-order valence-corrected chi connectivity index (χ3v) is 5.96. The number of halogens is 2. The van der Waals surface area contributed by atoms with Crippen LogP contribution in [0.3, 0.4) is 0 Å². The maximum absolute atomic E-state index is 13.1. The van der Waals surface area contributed by atoms with Gasteiger partial charge in [-0.2, -0.15) is 0 Å². The van der Waals surface area contributed by atoms with Crippen molar-refractivity contribution < 1.29 is 23.8 Å². The van der Waals surface area contributed by atoms with Crippen LogP contribution >= 0.6 is 11.6 Å². The maximum Gasteiger partial charge on any atom is 0.221 e. The first kappa shape index (κ1) is 25.2. The zero-order valence-electron chi connectivity index (χ0n) is 19.0. The first-order valence-electron chi connectivity index (χ1n) is 11.0. The van der Waals surface area contributed by atoms with E-state index in [-0.39, 0.29) is 11.7 Å². The number of carbonyl (C=O) groups excluding carboxylic acids is 1. The van der Waals surface area contributed by atoms with Gasteiger partial charge in [-0.1, -0.05) is 23.7 Å².